The zero-order valence-corrected chi connectivity index (χ0v) is 19.9. The van der Waals surface area contributed by atoms with Crippen molar-refractivity contribution in [3.8, 4) is 11.3 Å². The summed E-state index contributed by atoms with van der Waals surface area (Å²) in [7, 11) is 0. The minimum atomic E-state index is -0.350. The van der Waals surface area contributed by atoms with Crippen LogP contribution in [0.4, 0.5) is 0 Å². The van der Waals surface area contributed by atoms with Crippen molar-refractivity contribution in [3.63, 3.8) is 0 Å². The lowest BCUT2D eigenvalue weighted by atomic mass is 9.92. The number of nitrogens with zero attached hydrogens (tertiary/aromatic N) is 3. The molecule has 34 heavy (non-hydrogen) atoms. The summed E-state index contributed by atoms with van der Waals surface area (Å²) in [5, 5.41) is 5.89. The Morgan fingerprint density at radius 3 is 2.79 bits per heavy atom. The second-order valence-electron chi connectivity index (χ2n) is 8.72. The molecular weight excluding hydrogens is 450 g/mol. The van der Waals surface area contributed by atoms with E-state index in [-0.39, 0.29) is 17.9 Å². The van der Waals surface area contributed by atoms with Gasteiger partial charge < -0.3 is 19.9 Å². The van der Waals surface area contributed by atoms with E-state index < -0.39 is 0 Å². The summed E-state index contributed by atoms with van der Waals surface area (Å²) >= 11 is 1.82. The SMILES string of the molecule is O=C1NCCSCCCn2ccc(c2)-c2cccc(n2)C(=O)NC2=CC(C3CCOCC3)N=C12. The summed E-state index contributed by atoms with van der Waals surface area (Å²) in [6.45, 7) is 2.87. The summed E-state index contributed by atoms with van der Waals surface area (Å²) in [5.41, 5.74) is 2.78. The lowest BCUT2D eigenvalue weighted by molar-refractivity contribution is -0.114. The number of carbonyl (C=O) groups is 2. The Morgan fingerprint density at radius 2 is 1.91 bits per heavy atom. The fraction of sp³-hybridized carbons (Fsp3) is 0.440. The number of hydrogen-bond donors (Lipinski definition) is 2. The molecule has 3 aliphatic rings. The number of hydrogen-bond acceptors (Lipinski definition) is 6. The Morgan fingerprint density at radius 1 is 1.06 bits per heavy atom. The quantitative estimate of drug-likeness (QED) is 0.656. The predicted molar refractivity (Wildman–Crippen MR) is 133 cm³/mol. The van der Waals surface area contributed by atoms with Gasteiger partial charge >= 0.3 is 0 Å². The van der Waals surface area contributed by atoms with E-state index in [1.807, 2.05) is 42.2 Å². The lowest BCUT2D eigenvalue weighted by Gasteiger charge is -2.24. The standard InChI is InChI=1S/C25H29N5O3S/c31-24-20-4-1-3-19(27-20)18-5-10-30(16-18)9-2-13-34-14-8-26-25(32)23-22(29-24)15-21(28-23)17-6-11-33-12-7-17/h1,3-5,10,15-17,21H,2,6-9,11-14H2,(H,26,32)(H,29,31). The van der Waals surface area contributed by atoms with Crippen LogP contribution in [0, 0.1) is 5.92 Å². The van der Waals surface area contributed by atoms with Crippen molar-refractivity contribution in [2.24, 2.45) is 10.9 Å². The number of aliphatic imine (C=N–C) groups is 1. The van der Waals surface area contributed by atoms with Gasteiger partial charge in [-0.2, -0.15) is 11.8 Å². The molecule has 2 aromatic heterocycles. The summed E-state index contributed by atoms with van der Waals surface area (Å²) < 4.78 is 7.63. The van der Waals surface area contributed by atoms with Crippen LogP contribution >= 0.6 is 11.8 Å². The molecule has 4 bridgehead atoms. The lowest BCUT2D eigenvalue weighted by Crippen LogP contribution is -2.37. The van der Waals surface area contributed by atoms with E-state index in [2.05, 4.69) is 26.4 Å². The minimum absolute atomic E-state index is 0.137. The number of aromatic nitrogens is 2. The van der Waals surface area contributed by atoms with Gasteiger partial charge in [-0.15, -0.1) is 0 Å². The van der Waals surface area contributed by atoms with Gasteiger partial charge in [0.1, 0.15) is 11.4 Å². The molecule has 1 atom stereocenters. The molecule has 0 spiro atoms. The van der Waals surface area contributed by atoms with Crippen molar-refractivity contribution in [1.82, 2.24) is 20.2 Å². The van der Waals surface area contributed by atoms with Crippen LogP contribution in [0.25, 0.3) is 11.3 Å². The zero-order chi connectivity index (χ0) is 23.3. The molecule has 0 saturated carbocycles. The van der Waals surface area contributed by atoms with Crippen molar-refractivity contribution >= 4 is 29.3 Å². The van der Waals surface area contributed by atoms with Gasteiger partial charge in [-0.05, 0) is 55.2 Å². The topological polar surface area (TPSA) is 97.6 Å². The highest BCUT2D eigenvalue weighted by Crippen LogP contribution is 2.27. The van der Waals surface area contributed by atoms with Gasteiger partial charge in [-0.1, -0.05) is 6.07 Å². The van der Waals surface area contributed by atoms with Crippen molar-refractivity contribution in [3.05, 3.63) is 54.1 Å². The van der Waals surface area contributed by atoms with E-state index in [0.29, 0.717) is 42.8 Å². The second-order valence-corrected chi connectivity index (χ2v) is 9.95. The summed E-state index contributed by atoms with van der Waals surface area (Å²) in [6.07, 6.45) is 8.85. The third-order valence-electron chi connectivity index (χ3n) is 6.35. The maximum Gasteiger partial charge on any atom is 0.274 e. The van der Waals surface area contributed by atoms with Crippen molar-refractivity contribution in [1.29, 1.82) is 0 Å². The van der Waals surface area contributed by atoms with Crippen LogP contribution in [0.2, 0.25) is 0 Å². The van der Waals surface area contributed by atoms with Crippen LogP contribution in [0.1, 0.15) is 29.8 Å². The molecule has 8 nitrogen and oxygen atoms in total. The molecule has 3 aliphatic heterocycles. The summed E-state index contributed by atoms with van der Waals surface area (Å²) in [6, 6.07) is 7.31. The Kier molecular flexibility index (Phi) is 7.10. The highest BCUT2D eigenvalue weighted by Gasteiger charge is 2.32. The normalized spacial score (nSPS) is 22.5. The number of rotatable bonds is 1. The first-order valence-corrected chi connectivity index (χ1v) is 13.0. The maximum atomic E-state index is 13.1. The Bertz CT molecular complexity index is 1120. The molecule has 178 valence electrons. The van der Waals surface area contributed by atoms with Crippen LogP contribution < -0.4 is 10.6 Å². The third kappa shape index (κ3) is 5.26. The predicted octanol–water partition coefficient (Wildman–Crippen LogP) is 2.67. The highest BCUT2D eigenvalue weighted by molar-refractivity contribution is 7.99. The number of ether oxygens (including phenoxy) is 1. The maximum absolute atomic E-state index is 13.1. The molecule has 2 amide bonds. The number of aryl methyl sites for hydroxylation is 1. The molecule has 5 heterocycles. The first-order valence-electron chi connectivity index (χ1n) is 11.9. The van der Waals surface area contributed by atoms with Gasteiger partial charge in [0.15, 0.2) is 0 Å². The molecule has 1 saturated heterocycles. The van der Waals surface area contributed by atoms with E-state index in [1.165, 1.54) is 0 Å². The van der Waals surface area contributed by atoms with Crippen LogP contribution in [0.15, 0.2) is 53.4 Å². The summed E-state index contributed by atoms with van der Waals surface area (Å²) in [5.74, 6) is 1.55. The number of fused-ring (bicyclic) bond motifs is 6. The van der Waals surface area contributed by atoms with Gasteiger partial charge in [-0.25, -0.2) is 4.98 Å². The fourth-order valence-electron chi connectivity index (χ4n) is 4.50. The monoisotopic (exact) mass is 479 g/mol. The second kappa shape index (κ2) is 10.6. The number of pyridine rings is 1. The van der Waals surface area contributed by atoms with Crippen LogP contribution in [0.5, 0.6) is 0 Å². The first-order chi connectivity index (χ1) is 16.7. The highest BCUT2D eigenvalue weighted by atomic mass is 32.2. The molecule has 0 radical (unpaired) electrons. The van der Waals surface area contributed by atoms with Gasteiger partial charge in [0.2, 0.25) is 0 Å². The number of carbonyl (C=O) groups excluding carboxylic acids is 2. The van der Waals surface area contributed by atoms with Gasteiger partial charge in [-0.3, -0.25) is 14.6 Å². The van der Waals surface area contributed by atoms with E-state index in [4.69, 9.17) is 9.73 Å². The van der Waals surface area contributed by atoms with Crippen molar-refractivity contribution in [2.75, 3.05) is 31.3 Å². The van der Waals surface area contributed by atoms with Crippen LogP contribution in [0.3, 0.4) is 0 Å². The van der Waals surface area contributed by atoms with Gasteiger partial charge in [0, 0.05) is 50.0 Å². The van der Waals surface area contributed by atoms with Gasteiger partial charge in [0.05, 0.1) is 17.4 Å². The zero-order valence-electron chi connectivity index (χ0n) is 19.0. The number of thioether (sulfide) groups is 1. The molecule has 5 rings (SSSR count). The Labute approximate surface area is 203 Å². The molecule has 2 aromatic rings. The Balaban J connectivity index is 1.43. The smallest absolute Gasteiger partial charge is 0.274 e. The fourth-order valence-corrected chi connectivity index (χ4v) is 5.28. The molecule has 0 aliphatic carbocycles. The van der Waals surface area contributed by atoms with E-state index in [1.54, 1.807) is 6.07 Å². The van der Waals surface area contributed by atoms with E-state index in [9.17, 15) is 9.59 Å². The van der Waals surface area contributed by atoms with Crippen molar-refractivity contribution in [2.45, 2.75) is 31.8 Å². The first kappa shape index (κ1) is 22.9. The molecular formula is C25H29N5O3S. The summed E-state index contributed by atoms with van der Waals surface area (Å²) in [4.78, 5) is 35.4. The van der Waals surface area contributed by atoms with Crippen LogP contribution in [-0.2, 0) is 16.1 Å². The molecule has 0 aromatic carbocycles. The molecule has 1 fully saturated rings. The minimum Gasteiger partial charge on any atom is -0.381 e. The Hall–Kier alpha value is -2.91. The number of amides is 2. The van der Waals surface area contributed by atoms with E-state index >= 15 is 0 Å². The average Bonchev–Trinajstić information content (AvgIpc) is 3.51. The van der Waals surface area contributed by atoms with Gasteiger partial charge in [0.25, 0.3) is 11.8 Å². The van der Waals surface area contributed by atoms with E-state index in [0.717, 1.165) is 48.6 Å². The molecule has 1 unspecified atom stereocenters. The third-order valence-corrected chi connectivity index (χ3v) is 7.42. The van der Waals surface area contributed by atoms with Crippen molar-refractivity contribution < 1.29 is 14.3 Å². The largest absolute Gasteiger partial charge is 0.381 e. The molecule has 2 N–H and O–H groups in total. The molecule has 9 heteroatoms. The average molecular weight is 480 g/mol. The van der Waals surface area contributed by atoms with Crippen LogP contribution in [-0.4, -0.2) is 64.4 Å². The number of nitrogens with one attached hydrogen (secondary N) is 2.